The molecule has 23 heavy (non-hydrogen) atoms. The second-order valence-electron chi connectivity index (χ2n) is 5.04. The van der Waals surface area contributed by atoms with Crippen LogP contribution in [-0.4, -0.2) is 5.11 Å². The van der Waals surface area contributed by atoms with Crippen LogP contribution < -0.4 is 28.5 Å². The molecule has 0 fully saturated rings. The average molecular weight is 425 g/mol. The maximum Gasteiger partial charge on any atom is 0.212 e. The highest BCUT2D eigenvalue weighted by atomic mass is 127. The van der Waals surface area contributed by atoms with E-state index >= 15 is 0 Å². The summed E-state index contributed by atoms with van der Waals surface area (Å²) in [7, 11) is 1.93. The molecule has 5 heteroatoms. The van der Waals surface area contributed by atoms with Crippen molar-refractivity contribution in [1.82, 2.24) is 0 Å². The Labute approximate surface area is 149 Å². The van der Waals surface area contributed by atoms with Gasteiger partial charge < -0.3 is 29.1 Å². The lowest BCUT2D eigenvalue weighted by Crippen LogP contribution is -3.00. The van der Waals surface area contributed by atoms with Crippen LogP contribution in [0.4, 0.5) is 8.78 Å². The highest BCUT2D eigenvalue weighted by Crippen LogP contribution is 2.22. The number of hydrogen-bond donors (Lipinski definition) is 1. The summed E-state index contributed by atoms with van der Waals surface area (Å²) in [5, 5.41) is 10.2. The normalized spacial score (nSPS) is 10.9. The Kier molecular flexibility index (Phi) is 5.30. The van der Waals surface area contributed by atoms with E-state index in [-0.39, 0.29) is 24.0 Å². The van der Waals surface area contributed by atoms with Gasteiger partial charge in [0.15, 0.2) is 17.4 Å². The number of benzene rings is 2. The van der Waals surface area contributed by atoms with Gasteiger partial charge in [0.1, 0.15) is 7.05 Å². The fourth-order valence-corrected chi connectivity index (χ4v) is 2.39. The Bertz CT molecular complexity index is 870. The lowest BCUT2D eigenvalue weighted by atomic mass is 10.1. The van der Waals surface area contributed by atoms with Gasteiger partial charge in [-0.2, -0.15) is 4.57 Å². The number of nitrogens with zero attached hydrogens (tertiary/aromatic N) is 1. The number of phenolic OH excluding ortho intramolecular Hbond substituents is 1. The first kappa shape index (κ1) is 17.3. The maximum absolute atomic E-state index is 13.3. The van der Waals surface area contributed by atoms with E-state index < -0.39 is 17.4 Å². The van der Waals surface area contributed by atoms with Crippen molar-refractivity contribution in [2.45, 2.75) is 0 Å². The fourth-order valence-electron chi connectivity index (χ4n) is 2.39. The number of aromatic hydroxyl groups is 1. The Hall–Kier alpha value is -2.02. The van der Waals surface area contributed by atoms with Gasteiger partial charge >= 0.3 is 0 Å². The molecule has 0 spiro atoms. The lowest BCUT2D eigenvalue weighted by molar-refractivity contribution is -0.646. The molecule has 0 radical (unpaired) electrons. The molecule has 3 aromatic rings. The Morgan fingerprint density at radius 2 is 1.61 bits per heavy atom. The quantitative estimate of drug-likeness (QED) is 0.478. The molecule has 0 aliphatic heterocycles. The van der Waals surface area contributed by atoms with E-state index in [0.29, 0.717) is 5.56 Å². The first-order valence-electron chi connectivity index (χ1n) is 6.80. The minimum Gasteiger partial charge on any atom is -1.00 e. The topological polar surface area (TPSA) is 24.1 Å². The van der Waals surface area contributed by atoms with E-state index in [2.05, 4.69) is 0 Å². The summed E-state index contributed by atoms with van der Waals surface area (Å²) >= 11 is 0. The molecule has 0 aliphatic carbocycles. The van der Waals surface area contributed by atoms with Crippen molar-refractivity contribution < 1.29 is 42.4 Å². The Morgan fingerprint density at radius 1 is 0.957 bits per heavy atom. The summed E-state index contributed by atoms with van der Waals surface area (Å²) < 4.78 is 28.6. The molecule has 0 unspecified atom stereocenters. The molecule has 118 valence electrons. The predicted octanol–water partition coefficient (Wildman–Crippen LogP) is 0.823. The fraction of sp³-hybridized carbons (Fsp3) is 0.0556. The van der Waals surface area contributed by atoms with Crippen LogP contribution in [-0.2, 0) is 7.05 Å². The summed E-state index contributed by atoms with van der Waals surface area (Å²) in [4.78, 5) is 0. The molecule has 1 N–H and O–H groups in total. The minimum absolute atomic E-state index is 0. The highest BCUT2D eigenvalue weighted by molar-refractivity contribution is 5.77. The van der Waals surface area contributed by atoms with Crippen molar-refractivity contribution in [2.75, 3.05) is 0 Å². The summed E-state index contributed by atoms with van der Waals surface area (Å²) in [5.41, 5.74) is 2.31. The summed E-state index contributed by atoms with van der Waals surface area (Å²) in [6.45, 7) is 0. The van der Waals surface area contributed by atoms with Gasteiger partial charge in [-0.15, -0.1) is 0 Å². The number of rotatable bonds is 2. The van der Waals surface area contributed by atoms with Crippen molar-refractivity contribution in [3.05, 3.63) is 71.4 Å². The summed E-state index contributed by atoms with van der Waals surface area (Å²) in [6.07, 6.45) is 3.38. The number of fused-ring (bicyclic) bond motifs is 1. The van der Waals surface area contributed by atoms with Gasteiger partial charge in [-0.3, -0.25) is 0 Å². The van der Waals surface area contributed by atoms with Gasteiger partial charge in [-0.1, -0.05) is 12.1 Å². The van der Waals surface area contributed by atoms with Crippen molar-refractivity contribution in [3.8, 4) is 5.75 Å². The average Bonchev–Trinajstić information content (AvgIpc) is 2.52. The second kappa shape index (κ2) is 7.04. The van der Waals surface area contributed by atoms with Crippen LogP contribution >= 0.6 is 0 Å². The first-order chi connectivity index (χ1) is 10.6. The maximum atomic E-state index is 13.3. The number of halogens is 3. The van der Waals surface area contributed by atoms with Crippen molar-refractivity contribution in [3.63, 3.8) is 0 Å². The van der Waals surface area contributed by atoms with Crippen LogP contribution in [0.3, 0.4) is 0 Å². The molecule has 0 atom stereocenters. The number of phenols is 1. The summed E-state index contributed by atoms with van der Waals surface area (Å²) in [5.74, 6) is -2.89. The molecule has 0 amide bonds. The van der Waals surface area contributed by atoms with Crippen LogP contribution in [0.15, 0.2) is 48.5 Å². The minimum atomic E-state index is -0.970. The molecule has 1 heterocycles. The Morgan fingerprint density at radius 3 is 2.30 bits per heavy atom. The van der Waals surface area contributed by atoms with Crippen LogP contribution in [0, 0.1) is 11.6 Å². The third-order valence-corrected chi connectivity index (χ3v) is 3.60. The van der Waals surface area contributed by atoms with Crippen LogP contribution in [0.2, 0.25) is 0 Å². The van der Waals surface area contributed by atoms with Gasteiger partial charge in [0.25, 0.3) is 0 Å². The monoisotopic (exact) mass is 425 g/mol. The zero-order valence-corrected chi connectivity index (χ0v) is 14.5. The van der Waals surface area contributed by atoms with E-state index in [9.17, 15) is 8.78 Å². The summed E-state index contributed by atoms with van der Waals surface area (Å²) in [6, 6.07) is 14.1. The molecule has 0 aliphatic rings. The van der Waals surface area contributed by atoms with Crippen LogP contribution in [0.25, 0.3) is 23.1 Å². The first-order valence-corrected chi connectivity index (χ1v) is 6.80. The zero-order chi connectivity index (χ0) is 15.7. The van der Waals surface area contributed by atoms with Gasteiger partial charge in [-0.25, -0.2) is 8.78 Å². The van der Waals surface area contributed by atoms with Crippen LogP contribution in [0.5, 0.6) is 5.75 Å². The van der Waals surface area contributed by atoms with Gasteiger partial charge in [0, 0.05) is 23.6 Å². The van der Waals surface area contributed by atoms with Crippen molar-refractivity contribution >= 4 is 23.1 Å². The van der Waals surface area contributed by atoms with Gasteiger partial charge in [0.2, 0.25) is 11.2 Å². The Balaban J connectivity index is 0.00000192. The molecule has 2 nitrogen and oxygen atoms in total. The standard InChI is InChI=1S/C18H13F2NO.HI/c1-21-14(9-7-13-4-2-3-5-17(13)21)8-6-12-10-15(19)18(22)16(20)11-12;/h2-11H,1H3;1H. The molecule has 0 bridgehead atoms. The van der Waals surface area contributed by atoms with E-state index in [1.807, 2.05) is 48.0 Å². The molecule has 0 saturated heterocycles. The van der Waals surface area contributed by atoms with E-state index in [1.54, 1.807) is 12.2 Å². The molecule has 1 aromatic heterocycles. The SMILES string of the molecule is C[n+]1c(/C=C/c2cc(F)c(O)c(F)c2)ccc2ccccc21.[I-]. The number of para-hydroxylation sites is 1. The number of pyridine rings is 1. The second-order valence-corrected chi connectivity index (χ2v) is 5.04. The largest absolute Gasteiger partial charge is 1.00 e. The predicted molar refractivity (Wildman–Crippen MR) is 82.1 cm³/mol. The number of hydrogen-bond acceptors (Lipinski definition) is 1. The van der Waals surface area contributed by atoms with Crippen LogP contribution in [0.1, 0.15) is 11.3 Å². The zero-order valence-electron chi connectivity index (χ0n) is 12.3. The van der Waals surface area contributed by atoms with Crippen molar-refractivity contribution in [1.29, 1.82) is 0 Å². The molecule has 2 aromatic carbocycles. The van der Waals surface area contributed by atoms with E-state index in [4.69, 9.17) is 5.11 Å². The van der Waals surface area contributed by atoms with E-state index in [0.717, 1.165) is 28.7 Å². The molecule has 0 saturated carbocycles. The third-order valence-electron chi connectivity index (χ3n) is 3.60. The molecule has 3 rings (SSSR count). The third kappa shape index (κ3) is 3.50. The van der Waals surface area contributed by atoms with E-state index in [1.165, 1.54) is 0 Å². The highest BCUT2D eigenvalue weighted by Gasteiger charge is 2.10. The van der Waals surface area contributed by atoms with Gasteiger partial charge in [-0.05, 0) is 35.9 Å². The molecular weight excluding hydrogens is 411 g/mol. The smallest absolute Gasteiger partial charge is 0.212 e. The number of aryl methyl sites for hydroxylation is 1. The number of aromatic nitrogens is 1. The van der Waals surface area contributed by atoms with Gasteiger partial charge in [0.05, 0.1) is 0 Å². The molecular formula is C18H14F2INO. The lowest BCUT2D eigenvalue weighted by Gasteiger charge is -2.01. The van der Waals surface area contributed by atoms with Crippen molar-refractivity contribution in [2.24, 2.45) is 7.05 Å².